The van der Waals surface area contributed by atoms with E-state index in [4.69, 9.17) is 21.1 Å². The number of amides is 1. The number of hydrazone groups is 1. The molecular formula is C26H27BrClN3O5S. The number of halogens is 2. The summed E-state index contributed by atoms with van der Waals surface area (Å²) in [5.41, 5.74) is 6.04. The van der Waals surface area contributed by atoms with Crippen LogP contribution in [0.5, 0.6) is 11.5 Å². The van der Waals surface area contributed by atoms with Gasteiger partial charge < -0.3 is 9.47 Å². The molecule has 0 aliphatic heterocycles. The monoisotopic (exact) mass is 607 g/mol. The SMILES string of the molecule is COc1cc(/C=N\NC(=O)CN(c2cccc(Cl)c2C)S(C)(=O)=O)cc(Br)c1OCc1ccc(C)cc1. The molecular weight excluding hydrogens is 582 g/mol. The Balaban J connectivity index is 1.69. The lowest BCUT2D eigenvalue weighted by molar-refractivity contribution is -0.119. The predicted octanol–water partition coefficient (Wildman–Crippen LogP) is 5.22. The molecule has 1 amide bonds. The molecule has 0 aliphatic rings. The maximum Gasteiger partial charge on any atom is 0.260 e. The fourth-order valence-electron chi connectivity index (χ4n) is 3.39. The van der Waals surface area contributed by atoms with Crippen LogP contribution in [0.15, 0.2) is 64.2 Å². The van der Waals surface area contributed by atoms with Crippen LogP contribution >= 0.6 is 27.5 Å². The van der Waals surface area contributed by atoms with E-state index >= 15 is 0 Å². The van der Waals surface area contributed by atoms with E-state index in [1.165, 1.54) is 18.9 Å². The molecule has 0 unspecified atom stereocenters. The number of sulfonamides is 1. The van der Waals surface area contributed by atoms with E-state index < -0.39 is 22.5 Å². The van der Waals surface area contributed by atoms with E-state index in [9.17, 15) is 13.2 Å². The number of anilines is 1. The van der Waals surface area contributed by atoms with Gasteiger partial charge in [-0.15, -0.1) is 0 Å². The molecule has 1 N–H and O–H groups in total. The zero-order valence-corrected chi connectivity index (χ0v) is 23.9. The summed E-state index contributed by atoms with van der Waals surface area (Å²) in [6.07, 6.45) is 2.44. The third-order valence-corrected chi connectivity index (χ3v) is 7.48. The highest BCUT2D eigenvalue weighted by atomic mass is 79.9. The Labute approximate surface area is 230 Å². The average molecular weight is 609 g/mol. The Hall–Kier alpha value is -3.08. The summed E-state index contributed by atoms with van der Waals surface area (Å²) >= 11 is 9.63. The first-order chi connectivity index (χ1) is 17.5. The van der Waals surface area contributed by atoms with Gasteiger partial charge in [0.15, 0.2) is 11.5 Å². The predicted molar refractivity (Wildman–Crippen MR) is 150 cm³/mol. The zero-order chi connectivity index (χ0) is 27.2. The summed E-state index contributed by atoms with van der Waals surface area (Å²) in [4.78, 5) is 12.5. The molecule has 11 heteroatoms. The Bertz CT molecular complexity index is 1410. The number of carbonyl (C=O) groups is 1. The van der Waals surface area contributed by atoms with Crippen molar-refractivity contribution in [1.82, 2.24) is 5.43 Å². The maximum atomic E-state index is 12.5. The second-order valence-corrected chi connectivity index (χ2v) is 11.4. The molecule has 37 heavy (non-hydrogen) atoms. The molecule has 0 saturated heterocycles. The number of nitrogens with zero attached hydrogens (tertiary/aromatic N) is 2. The smallest absolute Gasteiger partial charge is 0.260 e. The molecule has 3 aromatic carbocycles. The Morgan fingerprint density at radius 1 is 1.16 bits per heavy atom. The van der Waals surface area contributed by atoms with Crippen LogP contribution in [-0.4, -0.2) is 40.4 Å². The van der Waals surface area contributed by atoms with E-state index in [2.05, 4.69) is 26.5 Å². The van der Waals surface area contributed by atoms with Gasteiger partial charge in [-0.25, -0.2) is 13.8 Å². The van der Waals surface area contributed by atoms with Crippen molar-refractivity contribution in [1.29, 1.82) is 0 Å². The lowest BCUT2D eigenvalue weighted by Gasteiger charge is -2.23. The van der Waals surface area contributed by atoms with Crippen LogP contribution in [0.1, 0.15) is 22.3 Å². The summed E-state index contributed by atoms with van der Waals surface area (Å²) < 4.78 is 37.8. The average Bonchev–Trinajstić information content (AvgIpc) is 2.84. The highest BCUT2D eigenvalue weighted by Crippen LogP contribution is 2.37. The summed E-state index contributed by atoms with van der Waals surface area (Å²) in [6, 6.07) is 16.4. The standard InChI is InChI=1S/C26H27BrClN3O5S/c1-17-8-10-19(11-9-17)16-36-26-21(27)12-20(13-24(26)35-3)14-29-30-25(32)15-31(37(4,33)34)23-7-5-6-22(28)18(23)2/h5-14H,15-16H2,1-4H3,(H,30,32)/b29-14-. The van der Waals surface area contributed by atoms with E-state index in [0.717, 1.165) is 16.1 Å². The summed E-state index contributed by atoms with van der Waals surface area (Å²) in [7, 11) is -2.22. The highest BCUT2D eigenvalue weighted by molar-refractivity contribution is 9.10. The summed E-state index contributed by atoms with van der Waals surface area (Å²) in [5.74, 6) is 0.393. The molecule has 0 aliphatic carbocycles. The Morgan fingerprint density at radius 2 is 1.86 bits per heavy atom. The molecule has 0 bridgehead atoms. The number of methoxy groups -OCH3 is 1. The number of benzene rings is 3. The molecule has 0 radical (unpaired) electrons. The first kappa shape index (κ1) is 28.5. The molecule has 0 fully saturated rings. The van der Waals surface area contributed by atoms with Crippen molar-refractivity contribution in [3.63, 3.8) is 0 Å². The van der Waals surface area contributed by atoms with Crippen molar-refractivity contribution in [2.24, 2.45) is 5.10 Å². The minimum atomic E-state index is -3.75. The van der Waals surface area contributed by atoms with Crippen LogP contribution in [0.4, 0.5) is 5.69 Å². The van der Waals surface area contributed by atoms with Crippen LogP contribution < -0.4 is 19.2 Å². The van der Waals surface area contributed by atoms with Crippen molar-refractivity contribution in [2.75, 3.05) is 24.2 Å². The van der Waals surface area contributed by atoms with Gasteiger partial charge in [-0.3, -0.25) is 9.10 Å². The maximum absolute atomic E-state index is 12.5. The molecule has 3 aromatic rings. The van der Waals surface area contributed by atoms with E-state index in [1.807, 2.05) is 31.2 Å². The number of rotatable bonds is 10. The number of aryl methyl sites for hydroxylation is 1. The van der Waals surface area contributed by atoms with Gasteiger partial charge in [0.2, 0.25) is 10.0 Å². The van der Waals surface area contributed by atoms with Gasteiger partial charge in [0.25, 0.3) is 5.91 Å². The van der Waals surface area contributed by atoms with Gasteiger partial charge in [-0.1, -0.05) is 47.5 Å². The summed E-state index contributed by atoms with van der Waals surface area (Å²) in [5, 5.41) is 4.37. The highest BCUT2D eigenvalue weighted by Gasteiger charge is 2.23. The van der Waals surface area contributed by atoms with Gasteiger partial charge in [0, 0.05) is 5.02 Å². The number of ether oxygens (including phenoxy) is 2. The normalized spacial score (nSPS) is 11.4. The molecule has 0 atom stereocenters. The summed E-state index contributed by atoms with van der Waals surface area (Å²) in [6.45, 7) is 3.61. The third kappa shape index (κ3) is 7.70. The molecule has 8 nitrogen and oxygen atoms in total. The molecule has 3 rings (SSSR count). The number of carbonyl (C=O) groups excluding carboxylic acids is 1. The number of nitrogens with one attached hydrogen (secondary N) is 1. The fourth-order valence-corrected chi connectivity index (χ4v) is 5.04. The van der Waals surface area contributed by atoms with Crippen LogP contribution in [0.3, 0.4) is 0 Å². The van der Waals surface area contributed by atoms with E-state index in [0.29, 0.717) is 44.4 Å². The van der Waals surface area contributed by atoms with Crippen molar-refractivity contribution in [2.45, 2.75) is 20.5 Å². The second-order valence-electron chi connectivity index (χ2n) is 8.26. The van der Waals surface area contributed by atoms with Gasteiger partial charge in [-0.05, 0) is 70.7 Å². The molecule has 0 aromatic heterocycles. The van der Waals surface area contributed by atoms with Gasteiger partial charge in [0.1, 0.15) is 13.2 Å². The second kappa shape index (κ2) is 12.4. The van der Waals surface area contributed by atoms with Crippen LogP contribution in [0.25, 0.3) is 0 Å². The van der Waals surface area contributed by atoms with Gasteiger partial charge in [0.05, 0.1) is 29.7 Å². The minimum absolute atomic E-state index is 0.323. The molecule has 0 heterocycles. The first-order valence-corrected chi connectivity index (χ1v) is 14.1. The van der Waals surface area contributed by atoms with Crippen LogP contribution in [0.2, 0.25) is 5.02 Å². The topological polar surface area (TPSA) is 97.3 Å². The Morgan fingerprint density at radius 3 is 2.51 bits per heavy atom. The number of hydrogen-bond donors (Lipinski definition) is 1. The van der Waals surface area contributed by atoms with Gasteiger partial charge in [-0.2, -0.15) is 5.10 Å². The van der Waals surface area contributed by atoms with Crippen molar-refractivity contribution in [3.05, 3.63) is 86.3 Å². The fraction of sp³-hybridized carbons (Fsp3) is 0.231. The van der Waals surface area contributed by atoms with Crippen LogP contribution in [-0.2, 0) is 21.4 Å². The molecule has 0 spiro atoms. The minimum Gasteiger partial charge on any atom is -0.493 e. The lowest BCUT2D eigenvalue weighted by Crippen LogP contribution is -2.39. The van der Waals surface area contributed by atoms with Gasteiger partial charge >= 0.3 is 0 Å². The third-order valence-electron chi connectivity index (χ3n) is 5.35. The lowest BCUT2D eigenvalue weighted by atomic mass is 10.2. The first-order valence-electron chi connectivity index (χ1n) is 11.1. The quantitative estimate of drug-likeness (QED) is 0.251. The zero-order valence-electron chi connectivity index (χ0n) is 20.8. The van der Waals surface area contributed by atoms with Crippen molar-refractivity contribution < 1.29 is 22.7 Å². The Kier molecular flexibility index (Phi) is 9.58. The number of hydrogen-bond acceptors (Lipinski definition) is 6. The van der Waals surface area contributed by atoms with Crippen molar-refractivity contribution >= 4 is 55.4 Å². The van der Waals surface area contributed by atoms with E-state index in [-0.39, 0.29) is 0 Å². The van der Waals surface area contributed by atoms with E-state index in [1.54, 1.807) is 37.3 Å². The molecule has 196 valence electrons. The van der Waals surface area contributed by atoms with Crippen LogP contribution in [0, 0.1) is 13.8 Å². The van der Waals surface area contributed by atoms with Crippen molar-refractivity contribution in [3.8, 4) is 11.5 Å². The largest absolute Gasteiger partial charge is 0.493 e. The molecule has 0 saturated carbocycles.